The van der Waals surface area contributed by atoms with Crippen LogP contribution in [-0.4, -0.2) is 42.8 Å². The van der Waals surface area contributed by atoms with Crippen LogP contribution in [0.1, 0.15) is 32.6 Å². The lowest BCUT2D eigenvalue weighted by atomic mass is 10.0. The molecule has 3 N–H and O–H groups in total. The van der Waals surface area contributed by atoms with Crippen LogP contribution < -0.4 is 5.32 Å². The van der Waals surface area contributed by atoms with E-state index in [9.17, 15) is 9.36 Å². The number of phosphoric ester groups is 1. The Bertz CT molecular complexity index is 299. The topological polar surface area (TPSA) is 105 Å². The van der Waals surface area contributed by atoms with Gasteiger partial charge in [0.25, 0.3) is 0 Å². The number of carbonyl (C=O) groups excluding carboxylic acids is 1. The number of aliphatic hydroxyl groups is 1. The van der Waals surface area contributed by atoms with Crippen LogP contribution in [0.15, 0.2) is 0 Å². The van der Waals surface area contributed by atoms with E-state index in [4.69, 9.17) is 14.5 Å². The molecule has 0 rings (SSSR count). The highest BCUT2D eigenvalue weighted by molar-refractivity contribution is 7.47. The van der Waals surface area contributed by atoms with Gasteiger partial charge in [-0.1, -0.05) is 13.3 Å². The Morgan fingerprint density at radius 3 is 2.63 bits per heavy atom. The van der Waals surface area contributed by atoms with Crippen molar-refractivity contribution in [3.63, 3.8) is 0 Å². The minimum atomic E-state index is -3.97. The van der Waals surface area contributed by atoms with E-state index in [-0.39, 0.29) is 25.0 Å². The van der Waals surface area contributed by atoms with Gasteiger partial charge in [-0.3, -0.25) is 13.8 Å². The van der Waals surface area contributed by atoms with E-state index in [2.05, 4.69) is 9.84 Å². The molecule has 0 aliphatic carbocycles. The average molecular weight is 297 g/mol. The van der Waals surface area contributed by atoms with Gasteiger partial charge in [0, 0.05) is 32.6 Å². The summed E-state index contributed by atoms with van der Waals surface area (Å²) < 4.78 is 20.0. The van der Waals surface area contributed by atoms with Crippen LogP contribution in [-0.2, 0) is 18.4 Å². The first-order chi connectivity index (χ1) is 8.95. The van der Waals surface area contributed by atoms with E-state index in [0.29, 0.717) is 19.4 Å². The van der Waals surface area contributed by atoms with Crippen LogP contribution in [0.4, 0.5) is 0 Å². The fraction of sp³-hybridized carbons (Fsp3) is 0.909. The second-order valence-electron chi connectivity index (χ2n) is 4.19. The van der Waals surface area contributed by atoms with Crippen molar-refractivity contribution in [2.75, 3.05) is 26.9 Å². The maximum absolute atomic E-state index is 11.1. The van der Waals surface area contributed by atoms with Crippen LogP contribution in [0.5, 0.6) is 0 Å². The molecule has 0 aromatic carbocycles. The highest BCUT2D eigenvalue weighted by Crippen LogP contribution is 2.42. The number of hydrogen-bond acceptors (Lipinski definition) is 5. The summed E-state index contributed by atoms with van der Waals surface area (Å²) in [5.74, 6) is -0.194. The molecule has 0 aromatic rings. The van der Waals surface area contributed by atoms with Gasteiger partial charge < -0.3 is 15.3 Å². The molecule has 0 radical (unpaired) electrons. The number of nitrogens with one attached hydrogen (secondary N) is 1. The maximum Gasteiger partial charge on any atom is 0.471 e. The number of hydrogen-bond donors (Lipinski definition) is 3. The molecular formula is C11H24NO6P. The third-order valence-electron chi connectivity index (χ3n) is 2.64. The van der Waals surface area contributed by atoms with Gasteiger partial charge in [0.2, 0.25) is 5.91 Å². The van der Waals surface area contributed by atoms with Crippen molar-refractivity contribution in [3.8, 4) is 0 Å². The molecule has 7 nitrogen and oxygen atoms in total. The molecule has 0 aliphatic rings. The molecule has 0 spiro atoms. The molecule has 0 saturated carbocycles. The van der Waals surface area contributed by atoms with Crippen molar-refractivity contribution >= 4 is 13.7 Å². The van der Waals surface area contributed by atoms with Crippen molar-refractivity contribution in [2.24, 2.45) is 5.92 Å². The lowest BCUT2D eigenvalue weighted by Crippen LogP contribution is -2.23. The van der Waals surface area contributed by atoms with E-state index in [0.717, 1.165) is 20.0 Å². The Kier molecular flexibility index (Phi) is 10.1. The summed E-state index contributed by atoms with van der Waals surface area (Å²) in [5.41, 5.74) is 0. The quantitative estimate of drug-likeness (QED) is 0.389. The zero-order chi connectivity index (χ0) is 14.7. The molecule has 2 atom stereocenters. The maximum atomic E-state index is 11.1. The zero-order valence-electron chi connectivity index (χ0n) is 11.5. The van der Waals surface area contributed by atoms with Crippen molar-refractivity contribution < 1.29 is 28.4 Å². The van der Waals surface area contributed by atoms with Gasteiger partial charge in [-0.15, -0.1) is 0 Å². The lowest BCUT2D eigenvalue weighted by molar-refractivity contribution is -0.120. The number of rotatable bonds is 11. The van der Waals surface area contributed by atoms with Crippen molar-refractivity contribution in [2.45, 2.75) is 32.6 Å². The highest BCUT2D eigenvalue weighted by Gasteiger charge is 2.20. The number of unbranched alkanes of at least 4 members (excludes halogenated alkanes) is 1. The monoisotopic (exact) mass is 297 g/mol. The van der Waals surface area contributed by atoms with E-state index in [1.165, 1.54) is 0 Å². The Balaban J connectivity index is 3.71. The number of phosphoric acid groups is 1. The Morgan fingerprint density at radius 2 is 2.11 bits per heavy atom. The lowest BCUT2D eigenvalue weighted by Gasteiger charge is -2.16. The average Bonchev–Trinajstić information content (AvgIpc) is 2.41. The van der Waals surface area contributed by atoms with Gasteiger partial charge in [-0.25, -0.2) is 4.57 Å². The molecule has 0 saturated heterocycles. The second-order valence-corrected chi connectivity index (χ2v) is 5.76. The summed E-state index contributed by atoms with van der Waals surface area (Å²) in [5, 5.41) is 11.9. The van der Waals surface area contributed by atoms with Crippen LogP contribution in [0, 0.1) is 5.92 Å². The van der Waals surface area contributed by atoms with Gasteiger partial charge in [-0.2, -0.15) is 0 Å². The first kappa shape index (κ1) is 18.5. The van der Waals surface area contributed by atoms with E-state index < -0.39 is 7.82 Å². The zero-order valence-corrected chi connectivity index (χ0v) is 12.4. The van der Waals surface area contributed by atoms with Crippen LogP contribution in [0.25, 0.3) is 0 Å². The summed E-state index contributed by atoms with van der Waals surface area (Å²) in [7, 11) is -2.88. The van der Waals surface area contributed by atoms with Crippen LogP contribution in [0.2, 0.25) is 0 Å². The molecule has 114 valence electrons. The molecule has 0 aliphatic heterocycles. The minimum Gasteiger partial charge on any atom is -0.396 e. The van der Waals surface area contributed by atoms with E-state index in [1.54, 1.807) is 6.92 Å². The standard InChI is InChI=1S/C11H24NO6P/c1-3-11(14)12-7-5-4-6-10(8-13)9-18-19(15,16)17-2/h10,13H,3-9H2,1-2H3,(H,12,14)(H,15,16). The summed E-state index contributed by atoms with van der Waals surface area (Å²) in [6, 6.07) is 0. The van der Waals surface area contributed by atoms with Crippen LogP contribution in [0.3, 0.4) is 0 Å². The highest BCUT2D eigenvalue weighted by atomic mass is 31.2. The number of aliphatic hydroxyl groups excluding tert-OH is 1. The molecule has 19 heavy (non-hydrogen) atoms. The molecule has 0 fully saturated rings. The van der Waals surface area contributed by atoms with Gasteiger partial charge in [-0.05, 0) is 12.8 Å². The minimum absolute atomic E-state index is 0.0170. The third kappa shape index (κ3) is 10.0. The molecule has 0 bridgehead atoms. The summed E-state index contributed by atoms with van der Waals surface area (Å²) in [4.78, 5) is 20.0. The predicted octanol–water partition coefficient (Wildman–Crippen LogP) is 1.05. The summed E-state index contributed by atoms with van der Waals surface area (Å²) in [6.45, 7) is 2.24. The fourth-order valence-electron chi connectivity index (χ4n) is 1.39. The van der Waals surface area contributed by atoms with Gasteiger partial charge in [0.15, 0.2) is 0 Å². The smallest absolute Gasteiger partial charge is 0.396 e. The molecular weight excluding hydrogens is 273 g/mol. The molecule has 8 heteroatoms. The van der Waals surface area contributed by atoms with Crippen molar-refractivity contribution in [1.29, 1.82) is 0 Å². The Morgan fingerprint density at radius 1 is 1.42 bits per heavy atom. The molecule has 1 amide bonds. The van der Waals surface area contributed by atoms with Gasteiger partial charge in [0.05, 0.1) is 6.61 Å². The third-order valence-corrected chi connectivity index (χ3v) is 3.58. The largest absolute Gasteiger partial charge is 0.471 e. The Labute approximate surface area is 113 Å². The normalized spacial score (nSPS) is 15.8. The van der Waals surface area contributed by atoms with Crippen LogP contribution >= 0.6 is 7.82 Å². The Hall–Kier alpha value is -0.460. The fourth-order valence-corrected chi connectivity index (χ4v) is 1.90. The SMILES string of the molecule is CCC(=O)NCCCCC(CO)COP(=O)(O)OC. The van der Waals surface area contributed by atoms with E-state index in [1.807, 2.05) is 0 Å². The molecule has 2 unspecified atom stereocenters. The predicted molar refractivity (Wildman–Crippen MR) is 70.5 cm³/mol. The first-order valence-electron chi connectivity index (χ1n) is 6.35. The number of carbonyl (C=O) groups is 1. The second kappa shape index (κ2) is 10.3. The van der Waals surface area contributed by atoms with Gasteiger partial charge in [0.1, 0.15) is 0 Å². The summed E-state index contributed by atoms with van der Waals surface area (Å²) >= 11 is 0. The summed E-state index contributed by atoms with van der Waals surface area (Å²) in [6.07, 6.45) is 2.71. The first-order valence-corrected chi connectivity index (χ1v) is 7.85. The molecule has 0 heterocycles. The van der Waals surface area contributed by atoms with Crippen molar-refractivity contribution in [3.05, 3.63) is 0 Å². The molecule has 0 aromatic heterocycles. The van der Waals surface area contributed by atoms with Crippen molar-refractivity contribution in [1.82, 2.24) is 5.32 Å². The van der Waals surface area contributed by atoms with E-state index >= 15 is 0 Å². The van der Waals surface area contributed by atoms with Gasteiger partial charge >= 0.3 is 7.82 Å². The number of amides is 1.